The fourth-order valence-electron chi connectivity index (χ4n) is 5.88. The number of fused-ring (bicyclic) bond motifs is 1. The summed E-state index contributed by atoms with van der Waals surface area (Å²) in [5.74, 6) is -2.68. The predicted octanol–water partition coefficient (Wildman–Crippen LogP) is 2.21. The number of aromatic nitrogens is 2. The zero-order chi connectivity index (χ0) is 29.7. The zero-order valence-corrected chi connectivity index (χ0v) is 28.1. The number of hydrogen-bond acceptors (Lipinski definition) is 8. The van der Waals surface area contributed by atoms with E-state index in [1.807, 2.05) is 58.0 Å². The van der Waals surface area contributed by atoms with Crippen LogP contribution in [0.15, 0.2) is 52.2 Å². The summed E-state index contributed by atoms with van der Waals surface area (Å²) >= 11 is -0.865. The molecule has 3 heterocycles. The monoisotopic (exact) mass is 658 g/mol. The minimum absolute atomic E-state index is 0.00150. The maximum absolute atomic E-state index is 13.2. The molecule has 40 heavy (non-hydrogen) atoms. The number of benzene rings is 1. The van der Waals surface area contributed by atoms with Crippen molar-refractivity contribution in [3.63, 3.8) is 0 Å². The van der Waals surface area contributed by atoms with Gasteiger partial charge in [-0.3, -0.25) is 0 Å². The van der Waals surface area contributed by atoms with Crippen LogP contribution in [0, 0.1) is 0 Å². The van der Waals surface area contributed by atoms with Gasteiger partial charge in [0, 0.05) is 0 Å². The molecule has 0 spiro atoms. The van der Waals surface area contributed by atoms with E-state index in [0.717, 1.165) is 9.03 Å². The van der Waals surface area contributed by atoms with Crippen LogP contribution in [0.1, 0.15) is 55.4 Å². The molecule has 2 aliphatic rings. The Morgan fingerprint density at radius 1 is 0.925 bits per heavy atom. The molecular weight excluding hydrogens is 615 g/mol. The second kappa shape index (κ2) is 11.4. The Balaban J connectivity index is 1.95. The van der Waals surface area contributed by atoms with Crippen molar-refractivity contribution >= 4 is 36.5 Å². The van der Waals surface area contributed by atoms with Crippen molar-refractivity contribution in [1.29, 1.82) is 0 Å². The van der Waals surface area contributed by atoms with Crippen molar-refractivity contribution in [3.8, 4) is 0 Å². The van der Waals surface area contributed by atoms with Gasteiger partial charge in [-0.15, -0.1) is 0 Å². The molecule has 0 radical (unpaired) electrons. The summed E-state index contributed by atoms with van der Waals surface area (Å²) in [5, 5.41) is 24.3. The number of nitrogens with one attached hydrogen (secondary N) is 1. The standard InChI is InChI=1S/C27H42N2O8SeSi2/c1-17(2)39(18(3)4)34-16-22-24(36-40(37-39,19(5)6)20(7)8)26(32,33)27(35-22,38-21-12-10-9-11-13-21)29-15-14-23(30)28-25(29)31/h9-15,17-20,22,24,32-33H,16H2,1-8H3,(H,28,30,31)/t22-,24-,27-/m1/s1. The van der Waals surface area contributed by atoms with E-state index < -0.39 is 65.9 Å². The molecule has 3 atom stereocenters. The van der Waals surface area contributed by atoms with Crippen molar-refractivity contribution in [2.75, 3.05) is 6.61 Å². The molecule has 0 saturated carbocycles. The molecule has 2 fully saturated rings. The van der Waals surface area contributed by atoms with E-state index in [4.69, 9.17) is 17.7 Å². The third kappa shape index (κ3) is 5.08. The first-order valence-corrected chi connectivity index (χ1v) is 19.5. The summed E-state index contributed by atoms with van der Waals surface area (Å²) < 4.78 is 27.4. The van der Waals surface area contributed by atoms with Gasteiger partial charge in [-0.05, 0) is 0 Å². The summed E-state index contributed by atoms with van der Waals surface area (Å²) in [4.78, 5) is 27.4. The van der Waals surface area contributed by atoms with E-state index >= 15 is 0 Å². The normalized spacial score (nSPS) is 27.6. The van der Waals surface area contributed by atoms with E-state index in [1.54, 1.807) is 0 Å². The fourth-order valence-corrected chi connectivity index (χ4v) is 19.8. The molecule has 2 saturated heterocycles. The number of nitrogens with zero attached hydrogens (tertiary/aromatic N) is 1. The SMILES string of the molecule is CC(C)[Si]1(C(C)C)OC[C@H]2O[C@]([Se]c3ccccc3)(n3ccc(=O)[nH]c3=O)C(O)(O)[C@@H]2O[Si](C(C)C)(C(C)C)O1. The van der Waals surface area contributed by atoms with Crippen LogP contribution in [-0.2, 0) is 22.3 Å². The van der Waals surface area contributed by atoms with Gasteiger partial charge in [0.25, 0.3) is 0 Å². The third-order valence-corrected chi connectivity index (χ3v) is 21.1. The van der Waals surface area contributed by atoms with E-state index in [2.05, 4.69) is 32.7 Å². The van der Waals surface area contributed by atoms with Gasteiger partial charge in [-0.1, -0.05) is 0 Å². The molecule has 0 amide bonds. The minimum atomic E-state index is -3.24. The Morgan fingerprint density at radius 3 is 2.02 bits per heavy atom. The number of rotatable bonds is 7. The molecule has 0 bridgehead atoms. The van der Waals surface area contributed by atoms with Crippen molar-refractivity contribution in [2.45, 2.75) is 100 Å². The first-order chi connectivity index (χ1) is 18.6. The van der Waals surface area contributed by atoms with Gasteiger partial charge in [-0.2, -0.15) is 0 Å². The molecule has 10 nitrogen and oxygen atoms in total. The second-order valence-corrected chi connectivity index (χ2v) is 23.3. The number of H-pyrrole nitrogens is 1. The van der Waals surface area contributed by atoms with Gasteiger partial charge >= 0.3 is 244 Å². The fraction of sp³-hybridized carbons (Fsp3) is 0.630. The topological polar surface area (TPSA) is 132 Å². The Morgan fingerprint density at radius 2 is 1.50 bits per heavy atom. The Hall–Kier alpha value is -1.39. The average molecular weight is 658 g/mol. The summed E-state index contributed by atoms with van der Waals surface area (Å²) in [6, 6.07) is 10.4. The van der Waals surface area contributed by atoms with Gasteiger partial charge in [0.05, 0.1) is 0 Å². The summed E-state index contributed by atoms with van der Waals surface area (Å²) in [7, 11) is -6.16. The van der Waals surface area contributed by atoms with Crippen LogP contribution in [-0.4, -0.2) is 76.4 Å². The van der Waals surface area contributed by atoms with Crippen molar-refractivity contribution < 1.29 is 27.9 Å². The Bertz CT molecular complexity index is 1280. The second-order valence-electron chi connectivity index (χ2n) is 11.9. The third-order valence-electron chi connectivity index (χ3n) is 7.97. The average Bonchev–Trinajstić information content (AvgIpc) is 3.04. The van der Waals surface area contributed by atoms with Crippen LogP contribution in [0.3, 0.4) is 0 Å². The number of hydrogen-bond donors (Lipinski definition) is 3. The van der Waals surface area contributed by atoms with Gasteiger partial charge in [-0.25, -0.2) is 0 Å². The van der Waals surface area contributed by atoms with Crippen LogP contribution in [0.4, 0.5) is 0 Å². The molecular formula is C27H42N2O8SeSi2. The van der Waals surface area contributed by atoms with Crippen LogP contribution in [0.25, 0.3) is 0 Å². The number of aliphatic hydroxyl groups is 2. The van der Waals surface area contributed by atoms with Crippen LogP contribution in [0.5, 0.6) is 0 Å². The van der Waals surface area contributed by atoms with Crippen LogP contribution in [0.2, 0.25) is 22.2 Å². The first-order valence-electron chi connectivity index (χ1n) is 13.8. The molecule has 2 aromatic rings. The van der Waals surface area contributed by atoms with Gasteiger partial charge < -0.3 is 0 Å². The summed E-state index contributed by atoms with van der Waals surface area (Å²) in [5.41, 5.74) is -1.34. The summed E-state index contributed by atoms with van der Waals surface area (Å²) in [6.07, 6.45) is -0.947. The van der Waals surface area contributed by atoms with E-state index in [0.29, 0.717) is 0 Å². The Kier molecular flexibility index (Phi) is 8.96. The van der Waals surface area contributed by atoms with Gasteiger partial charge in [0.2, 0.25) is 0 Å². The summed E-state index contributed by atoms with van der Waals surface area (Å²) in [6.45, 7) is 16.6. The molecule has 3 N–H and O–H groups in total. The molecule has 1 aromatic heterocycles. The van der Waals surface area contributed by atoms with Crippen molar-refractivity contribution in [3.05, 3.63) is 63.4 Å². The maximum atomic E-state index is 13.2. The molecule has 13 heteroatoms. The number of aromatic amines is 1. The molecule has 0 aliphatic carbocycles. The Labute approximate surface area is 243 Å². The van der Waals surface area contributed by atoms with E-state index in [1.165, 1.54) is 12.3 Å². The van der Waals surface area contributed by atoms with Crippen LogP contribution < -0.4 is 15.7 Å². The zero-order valence-electron chi connectivity index (χ0n) is 24.4. The van der Waals surface area contributed by atoms with Crippen molar-refractivity contribution in [2.24, 2.45) is 0 Å². The van der Waals surface area contributed by atoms with E-state index in [9.17, 15) is 19.8 Å². The quantitative estimate of drug-likeness (QED) is 0.305. The van der Waals surface area contributed by atoms with Gasteiger partial charge in [0.15, 0.2) is 0 Å². The molecule has 4 rings (SSSR count). The van der Waals surface area contributed by atoms with Crippen LogP contribution >= 0.6 is 0 Å². The molecule has 222 valence electrons. The van der Waals surface area contributed by atoms with E-state index in [-0.39, 0.29) is 28.8 Å². The van der Waals surface area contributed by atoms with Crippen molar-refractivity contribution in [1.82, 2.24) is 9.55 Å². The molecule has 2 aliphatic heterocycles. The number of ether oxygens (including phenoxy) is 1. The van der Waals surface area contributed by atoms with Gasteiger partial charge in [0.1, 0.15) is 0 Å². The first kappa shape index (κ1) is 31.5. The molecule has 1 aromatic carbocycles. The predicted molar refractivity (Wildman–Crippen MR) is 157 cm³/mol. The molecule has 0 unspecified atom stereocenters.